The summed E-state index contributed by atoms with van der Waals surface area (Å²) in [6.07, 6.45) is 2.61. The van der Waals surface area contributed by atoms with Crippen LogP contribution in [0.4, 0.5) is 5.69 Å². The smallest absolute Gasteiger partial charge is 0.343 e. The van der Waals surface area contributed by atoms with Crippen molar-refractivity contribution in [3.63, 3.8) is 0 Å². The monoisotopic (exact) mass is 436 g/mol. The fourth-order valence-corrected chi connectivity index (χ4v) is 2.43. The Kier molecular flexibility index (Phi) is 7.05. The quantitative estimate of drug-likeness (QED) is 0.181. The second-order valence-electron chi connectivity index (χ2n) is 6.18. The van der Waals surface area contributed by atoms with Crippen molar-refractivity contribution in [3.8, 4) is 5.75 Å². The summed E-state index contributed by atoms with van der Waals surface area (Å²) in [5.74, 6) is -1.60. The van der Waals surface area contributed by atoms with E-state index in [1.54, 1.807) is 24.3 Å². The molecule has 0 aliphatic rings. The van der Waals surface area contributed by atoms with Gasteiger partial charge in [0.15, 0.2) is 5.76 Å². The Balaban J connectivity index is 1.56. The zero-order valence-electron chi connectivity index (χ0n) is 16.4. The zero-order chi connectivity index (χ0) is 22.9. The van der Waals surface area contributed by atoms with Crippen LogP contribution in [0.3, 0.4) is 0 Å². The van der Waals surface area contributed by atoms with Crippen LogP contribution in [0.25, 0.3) is 0 Å². The van der Waals surface area contributed by atoms with E-state index in [1.165, 1.54) is 48.9 Å². The van der Waals surface area contributed by atoms with Crippen LogP contribution in [0, 0.1) is 10.1 Å². The first-order valence-corrected chi connectivity index (χ1v) is 9.13. The predicted molar refractivity (Wildman–Crippen MR) is 111 cm³/mol. The molecule has 0 atom stereocenters. The van der Waals surface area contributed by atoms with Crippen LogP contribution in [0.5, 0.6) is 5.75 Å². The Bertz CT molecular complexity index is 1160. The number of nitro groups is 1. The third-order valence-electron chi connectivity index (χ3n) is 3.98. The summed E-state index contributed by atoms with van der Waals surface area (Å²) < 4.78 is 10.2. The summed E-state index contributed by atoms with van der Waals surface area (Å²) in [6, 6.07) is 14.4. The van der Waals surface area contributed by atoms with E-state index >= 15 is 0 Å². The van der Waals surface area contributed by atoms with Crippen molar-refractivity contribution in [1.29, 1.82) is 0 Å². The molecule has 0 fully saturated rings. The number of para-hydroxylation sites is 1. The van der Waals surface area contributed by atoms with Crippen LogP contribution >= 0.6 is 0 Å². The van der Waals surface area contributed by atoms with Crippen LogP contribution in [0.15, 0.2) is 76.4 Å². The molecule has 11 nitrogen and oxygen atoms in total. The molecule has 0 radical (unpaired) electrons. The van der Waals surface area contributed by atoms with Gasteiger partial charge in [-0.05, 0) is 36.4 Å². The maximum atomic E-state index is 12.3. The van der Waals surface area contributed by atoms with E-state index in [0.29, 0.717) is 5.56 Å². The van der Waals surface area contributed by atoms with Crippen LogP contribution in [0.1, 0.15) is 26.5 Å². The Labute approximate surface area is 180 Å². The molecule has 2 aromatic carbocycles. The first kappa shape index (κ1) is 21.9. The maximum absolute atomic E-state index is 12.3. The van der Waals surface area contributed by atoms with Gasteiger partial charge in [-0.25, -0.2) is 10.2 Å². The van der Waals surface area contributed by atoms with Gasteiger partial charge in [0, 0.05) is 17.7 Å². The van der Waals surface area contributed by atoms with Crippen molar-refractivity contribution < 1.29 is 28.5 Å². The van der Waals surface area contributed by atoms with Crippen LogP contribution < -0.4 is 15.5 Å². The number of benzene rings is 2. The van der Waals surface area contributed by atoms with Gasteiger partial charge in [0.25, 0.3) is 17.5 Å². The number of hydrogen-bond acceptors (Lipinski definition) is 8. The van der Waals surface area contributed by atoms with E-state index in [1.807, 2.05) is 0 Å². The zero-order valence-corrected chi connectivity index (χ0v) is 16.4. The summed E-state index contributed by atoms with van der Waals surface area (Å²) >= 11 is 0. The molecule has 3 rings (SSSR count). The Morgan fingerprint density at radius 1 is 1.06 bits per heavy atom. The van der Waals surface area contributed by atoms with Gasteiger partial charge >= 0.3 is 5.97 Å². The lowest BCUT2D eigenvalue weighted by Gasteiger charge is -2.07. The SMILES string of the molecule is O=C(CNC(=O)c1ccco1)N/N=C/c1ccccc1OC(=O)c1ccc([N+](=O)[O-])cc1. The molecule has 0 spiro atoms. The predicted octanol–water partition coefficient (Wildman–Crippen LogP) is 2.29. The number of hydrazone groups is 1. The summed E-state index contributed by atoms with van der Waals surface area (Å²) in [5, 5.41) is 16.9. The van der Waals surface area contributed by atoms with Crippen molar-refractivity contribution >= 4 is 29.7 Å². The Hall–Kier alpha value is -4.80. The molecule has 0 saturated heterocycles. The molecule has 32 heavy (non-hydrogen) atoms. The number of rotatable bonds is 8. The topological polar surface area (TPSA) is 153 Å². The summed E-state index contributed by atoms with van der Waals surface area (Å²) in [5.41, 5.74) is 2.61. The highest BCUT2D eigenvalue weighted by Crippen LogP contribution is 2.19. The van der Waals surface area contributed by atoms with E-state index < -0.39 is 22.7 Å². The van der Waals surface area contributed by atoms with Crippen molar-refractivity contribution in [3.05, 3.63) is 93.9 Å². The molecular formula is C21H16N4O7. The molecule has 2 amide bonds. The molecule has 162 valence electrons. The lowest BCUT2D eigenvalue weighted by atomic mass is 10.2. The summed E-state index contributed by atoms with van der Waals surface area (Å²) in [7, 11) is 0. The van der Waals surface area contributed by atoms with E-state index in [-0.39, 0.29) is 29.3 Å². The van der Waals surface area contributed by atoms with Gasteiger partial charge in [0.1, 0.15) is 5.75 Å². The minimum absolute atomic E-state index is 0.0741. The fraction of sp³-hybridized carbons (Fsp3) is 0.0476. The molecule has 0 saturated carbocycles. The number of carbonyl (C=O) groups excluding carboxylic acids is 3. The molecule has 0 aliphatic carbocycles. The second-order valence-corrected chi connectivity index (χ2v) is 6.18. The minimum Gasteiger partial charge on any atom is -0.459 e. The average molecular weight is 436 g/mol. The fourth-order valence-electron chi connectivity index (χ4n) is 2.43. The maximum Gasteiger partial charge on any atom is 0.343 e. The number of furan rings is 1. The van der Waals surface area contributed by atoms with Gasteiger partial charge in [-0.1, -0.05) is 12.1 Å². The first-order chi connectivity index (χ1) is 15.4. The molecule has 2 N–H and O–H groups in total. The van der Waals surface area contributed by atoms with Crippen LogP contribution in [-0.2, 0) is 4.79 Å². The molecule has 0 bridgehead atoms. The molecule has 0 unspecified atom stereocenters. The Morgan fingerprint density at radius 2 is 1.81 bits per heavy atom. The highest BCUT2D eigenvalue weighted by molar-refractivity contribution is 5.95. The molecule has 11 heteroatoms. The standard InChI is InChI=1S/C21H16N4O7/c26-19(13-22-20(27)18-6-3-11-31-18)24-23-12-15-4-1-2-5-17(15)32-21(28)14-7-9-16(10-8-14)25(29)30/h1-12H,13H2,(H,22,27)(H,24,26)/b23-12+. The number of nitrogens with zero attached hydrogens (tertiary/aromatic N) is 2. The highest BCUT2D eigenvalue weighted by atomic mass is 16.6. The molecule has 3 aromatic rings. The summed E-state index contributed by atoms with van der Waals surface area (Å²) in [4.78, 5) is 46.0. The largest absolute Gasteiger partial charge is 0.459 e. The van der Waals surface area contributed by atoms with Crippen molar-refractivity contribution in [2.45, 2.75) is 0 Å². The number of hydrogen-bond donors (Lipinski definition) is 2. The van der Waals surface area contributed by atoms with Gasteiger partial charge in [0.2, 0.25) is 0 Å². The van der Waals surface area contributed by atoms with Crippen molar-refractivity contribution in [2.24, 2.45) is 5.10 Å². The Morgan fingerprint density at radius 3 is 2.50 bits per heavy atom. The van der Waals surface area contributed by atoms with Gasteiger partial charge < -0.3 is 14.5 Å². The van der Waals surface area contributed by atoms with Gasteiger partial charge in [-0.15, -0.1) is 0 Å². The van der Waals surface area contributed by atoms with Crippen molar-refractivity contribution in [1.82, 2.24) is 10.7 Å². The van der Waals surface area contributed by atoms with Gasteiger partial charge in [0.05, 0.1) is 29.5 Å². The summed E-state index contributed by atoms with van der Waals surface area (Å²) in [6.45, 7) is -0.326. The number of carbonyl (C=O) groups is 3. The lowest BCUT2D eigenvalue weighted by Crippen LogP contribution is -2.34. The number of non-ortho nitro benzene ring substituents is 1. The lowest BCUT2D eigenvalue weighted by molar-refractivity contribution is -0.384. The minimum atomic E-state index is -0.717. The van der Waals surface area contributed by atoms with E-state index in [4.69, 9.17) is 9.15 Å². The number of amides is 2. The van der Waals surface area contributed by atoms with Crippen LogP contribution in [0.2, 0.25) is 0 Å². The molecular weight excluding hydrogens is 420 g/mol. The number of nitro benzene ring substituents is 1. The molecule has 1 heterocycles. The average Bonchev–Trinajstić information content (AvgIpc) is 3.34. The van der Waals surface area contributed by atoms with E-state index in [9.17, 15) is 24.5 Å². The van der Waals surface area contributed by atoms with Crippen LogP contribution in [-0.4, -0.2) is 35.5 Å². The number of ether oxygens (including phenoxy) is 1. The van der Waals surface area contributed by atoms with Gasteiger partial charge in [-0.3, -0.25) is 19.7 Å². The molecule has 0 aliphatic heterocycles. The van der Waals surface area contributed by atoms with Gasteiger partial charge in [-0.2, -0.15) is 5.10 Å². The number of esters is 1. The third-order valence-corrected chi connectivity index (χ3v) is 3.98. The third kappa shape index (κ3) is 5.86. The second kappa shape index (κ2) is 10.3. The number of nitrogens with one attached hydrogen (secondary N) is 2. The molecule has 1 aromatic heterocycles. The first-order valence-electron chi connectivity index (χ1n) is 9.13. The van der Waals surface area contributed by atoms with E-state index in [2.05, 4.69) is 15.8 Å². The normalized spacial score (nSPS) is 10.5. The van der Waals surface area contributed by atoms with Crippen molar-refractivity contribution in [2.75, 3.05) is 6.54 Å². The highest BCUT2D eigenvalue weighted by Gasteiger charge is 2.13. The van der Waals surface area contributed by atoms with E-state index in [0.717, 1.165) is 0 Å².